The van der Waals surface area contributed by atoms with Crippen molar-refractivity contribution >= 4 is 17.7 Å². The Morgan fingerprint density at radius 3 is 1.01 bits per heavy atom. The standard InChI is InChI=1S/2C25H28FN3O2.C24H29FN2O2/c2*1-17(28-25(30)10-11-27)20-6-4-18(5-7-20)13-29-14-21-8-9-22(31-16-19-2-3-19)12-23(21)24(26)15-29;1-16(26-17(2)28)20-7-5-18(6-8-20)12-27-13-21-9-10-22(29-15-19-3-4-19)11-23(21)24(25)14-27/h2*4-9,12,17,19,24H,2-3,10,13-16H2,1H3,(H,28,30);5-11,16,19,24H,3-4,12-15H2,1-2H3,(H,26,28)/t17-,24+;17-,24-;16-,24+/m000/s1. The molecule has 478 valence electrons. The average Bonchev–Trinajstić information content (AvgIpc) is 2.12. The van der Waals surface area contributed by atoms with Crippen molar-refractivity contribution in [1.82, 2.24) is 30.7 Å². The number of nitrogens with one attached hydrogen (secondary N) is 3. The molecular weight excluding hydrogens is 1150 g/mol. The topological polar surface area (TPSA) is 172 Å². The first-order valence-corrected chi connectivity index (χ1v) is 32.2. The van der Waals surface area contributed by atoms with Crippen molar-refractivity contribution in [3.8, 4) is 29.4 Å². The summed E-state index contributed by atoms with van der Waals surface area (Å²) in [5.74, 6) is 3.78. The molecule has 91 heavy (non-hydrogen) atoms. The molecule has 3 N–H and O–H groups in total. The van der Waals surface area contributed by atoms with Crippen LogP contribution in [0.1, 0.15) is 182 Å². The third-order valence-corrected chi connectivity index (χ3v) is 17.7. The molecule has 0 bridgehead atoms. The van der Waals surface area contributed by atoms with Crippen molar-refractivity contribution < 1.29 is 41.8 Å². The number of carbonyl (C=O) groups is 3. The van der Waals surface area contributed by atoms with Gasteiger partial charge in [-0.2, -0.15) is 10.5 Å². The van der Waals surface area contributed by atoms with Crippen LogP contribution in [-0.2, 0) is 53.7 Å². The zero-order valence-corrected chi connectivity index (χ0v) is 52.8. The van der Waals surface area contributed by atoms with E-state index in [1.165, 1.54) is 45.4 Å². The molecule has 0 aromatic heterocycles. The van der Waals surface area contributed by atoms with Crippen LogP contribution in [0.3, 0.4) is 0 Å². The van der Waals surface area contributed by atoms with Gasteiger partial charge in [0.2, 0.25) is 17.7 Å². The minimum atomic E-state index is -1.03. The van der Waals surface area contributed by atoms with E-state index >= 15 is 0 Å². The second-order valence-electron chi connectivity index (χ2n) is 25.7. The van der Waals surface area contributed by atoms with Crippen LogP contribution in [0.2, 0.25) is 0 Å². The van der Waals surface area contributed by atoms with Gasteiger partial charge in [-0.3, -0.25) is 29.1 Å². The summed E-state index contributed by atoms with van der Waals surface area (Å²) in [5, 5.41) is 25.7. The maximum absolute atomic E-state index is 14.9. The predicted molar refractivity (Wildman–Crippen MR) is 343 cm³/mol. The summed E-state index contributed by atoms with van der Waals surface area (Å²) in [5.41, 5.74) is 11.7. The number of benzene rings is 6. The molecule has 3 aliphatic heterocycles. The van der Waals surface area contributed by atoms with Crippen molar-refractivity contribution in [2.45, 2.75) is 155 Å². The van der Waals surface area contributed by atoms with E-state index in [0.717, 1.165) is 110 Å². The molecule has 3 heterocycles. The molecule has 3 aliphatic carbocycles. The van der Waals surface area contributed by atoms with Crippen molar-refractivity contribution in [3.63, 3.8) is 0 Å². The number of nitrogens with zero attached hydrogens (tertiary/aromatic N) is 5. The minimum absolute atomic E-state index is 0.0186. The Kier molecular flexibility index (Phi) is 22.5. The van der Waals surface area contributed by atoms with E-state index in [1.54, 1.807) is 0 Å². The van der Waals surface area contributed by atoms with Crippen molar-refractivity contribution in [3.05, 3.63) is 194 Å². The molecule has 12 rings (SSSR count). The lowest BCUT2D eigenvalue weighted by molar-refractivity contribution is -0.121. The van der Waals surface area contributed by atoms with Gasteiger partial charge in [0.1, 0.15) is 48.6 Å². The molecular formula is C74H85F3N8O6. The van der Waals surface area contributed by atoms with E-state index in [1.807, 2.05) is 148 Å². The molecule has 6 aromatic carbocycles. The zero-order valence-electron chi connectivity index (χ0n) is 52.8. The Morgan fingerprint density at radius 2 is 0.747 bits per heavy atom. The lowest BCUT2D eigenvalue weighted by atomic mass is 9.97. The van der Waals surface area contributed by atoms with E-state index in [0.29, 0.717) is 70.1 Å². The number of halogens is 3. The maximum Gasteiger partial charge on any atom is 0.234 e. The lowest BCUT2D eigenvalue weighted by Gasteiger charge is -2.31. The highest BCUT2D eigenvalue weighted by Gasteiger charge is 2.31. The van der Waals surface area contributed by atoms with Crippen LogP contribution in [0.15, 0.2) is 127 Å². The highest BCUT2D eigenvalue weighted by molar-refractivity contribution is 5.79. The number of hydrogen-bond acceptors (Lipinski definition) is 11. The Bertz CT molecular complexity index is 3370. The molecule has 0 radical (unpaired) electrons. The number of amides is 3. The smallest absolute Gasteiger partial charge is 0.234 e. The zero-order chi connectivity index (χ0) is 64.0. The number of ether oxygens (including phenoxy) is 3. The van der Waals surface area contributed by atoms with Crippen LogP contribution in [0, 0.1) is 40.4 Å². The monoisotopic (exact) mass is 1240 g/mol. The fraction of sp³-hybridized carbons (Fsp3) is 0.446. The van der Waals surface area contributed by atoms with Crippen LogP contribution in [-0.4, -0.2) is 71.9 Å². The number of carbonyl (C=O) groups excluding carboxylic acids is 3. The van der Waals surface area contributed by atoms with Crippen LogP contribution < -0.4 is 30.2 Å². The van der Waals surface area contributed by atoms with Gasteiger partial charge in [-0.1, -0.05) is 91.0 Å². The van der Waals surface area contributed by atoms with Gasteiger partial charge >= 0.3 is 0 Å². The normalized spacial score (nSPS) is 19.5. The minimum Gasteiger partial charge on any atom is -0.493 e. The Morgan fingerprint density at radius 1 is 0.462 bits per heavy atom. The summed E-state index contributed by atoms with van der Waals surface area (Å²) in [4.78, 5) is 40.8. The number of nitriles is 2. The Hall–Kier alpha value is -8.22. The number of fused-ring (bicyclic) bond motifs is 3. The molecule has 17 heteroatoms. The molecule has 0 saturated heterocycles. The third kappa shape index (κ3) is 19.6. The molecule has 0 spiro atoms. The SMILES string of the molecule is CC(=O)N[C@@H](C)c1ccc(CN2Cc3ccc(OCC4CC4)cc3[C@H](F)C2)cc1.C[C@H](NC(=O)CC#N)c1ccc(CN2Cc3ccc(OCC4CC4)cc3[C@@H](F)C2)cc1.C[C@H](NC(=O)CC#N)c1ccc(CN2Cc3ccc(OCC4CC4)cc3[C@H](F)C2)cc1. The highest BCUT2D eigenvalue weighted by atomic mass is 19.1. The fourth-order valence-electron chi connectivity index (χ4n) is 11.8. The molecule has 6 atom stereocenters. The van der Waals surface area contributed by atoms with Gasteiger partial charge in [-0.15, -0.1) is 0 Å². The van der Waals surface area contributed by atoms with E-state index < -0.39 is 18.5 Å². The number of alkyl halides is 3. The second-order valence-corrected chi connectivity index (χ2v) is 25.7. The summed E-state index contributed by atoms with van der Waals surface area (Å²) >= 11 is 0. The second kappa shape index (κ2) is 31.2. The van der Waals surface area contributed by atoms with E-state index in [4.69, 9.17) is 24.7 Å². The van der Waals surface area contributed by atoms with Gasteiger partial charge in [0.25, 0.3) is 0 Å². The van der Waals surface area contributed by atoms with E-state index in [9.17, 15) is 27.6 Å². The summed E-state index contributed by atoms with van der Waals surface area (Å²) < 4.78 is 62.1. The van der Waals surface area contributed by atoms with Crippen molar-refractivity contribution in [2.24, 2.45) is 17.8 Å². The van der Waals surface area contributed by atoms with Crippen LogP contribution in [0.4, 0.5) is 13.2 Å². The predicted octanol–water partition coefficient (Wildman–Crippen LogP) is 13.9. The first kappa shape index (κ1) is 65.7. The average molecular weight is 1240 g/mol. The molecule has 3 amide bonds. The molecule has 6 aliphatic rings. The maximum atomic E-state index is 14.9. The van der Waals surface area contributed by atoms with Crippen LogP contribution in [0.5, 0.6) is 17.2 Å². The summed E-state index contributed by atoms with van der Waals surface area (Å²) in [6.45, 7) is 14.8. The summed E-state index contributed by atoms with van der Waals surface area (Å²) in [6, 6.07) is 45.0. The fourth-order valence-corrected chi connectivity index (χ4v) is 11.8. The molecule has 6 aromatic rings. The van der Waals surface area contributed by atoms with Crippen molar-refractivity contribution in [2.75, 3.05) is 39.5 Å². The van der Waals surface area contributed by atoms with Gasteiger partial charge in [-0.05, 0) is 180 Å². The largest absolute Gasteiger partial charge is 0.493 e. The number of rotatable bonds is 23. The molecule has 3 saturated carbocycles. The summed E-state index contributed by atoms with van der Waals surface area (Å²) in [6.07, 6.45) is 4.12. The van der Waals surface area contributed by atoms with Crippen LogP contribution in [0.25, 0.3) is 0 Å². The number of hydrogen-bond donors (Lipinski definition) is 3. The van der Waals surface area contributed by atoms with E-state index in [-0.39, 0.29) is 48.7 Å². The van der Waals surface area contributed by atoms with Gasteiger partial charge in [0.15, 0.2) is 0 Å². The Balaban J connectivity index is 0.000000150. The molecule has 3 fully saturated rings. The third-order valence-electron chi connectivity index (χ3n) is 17.7. The van der Waals surface area contributed by atoms with Gasteiger partial charge in [-0.25, -0.2) is 13.2 Å². The quantitative estimate of drug-likeness (QED) is 0.0557. The van der Waals surface area contributed by atoms with E-state index in [2.05, 4.69) is 42.8 Å². The van der Waals surface area contributed by atoms with Crippen molar-refractivity contribution in [1.29, 1.82) is 10.5 Å². The van der Waals surface area contributed by atoms with Gasteiger partial charge in [0, 0.05) is 65.8 Å². The molecule has 0 unspecified atom stereocenters. The lowest BCUT2D eigenvalue weighted by Crippen LogP contribution is -2.31. The highest BCUT2D eigenvalue weighted by Crippen LogP contribution is 2.38. The first-order chi connectivity index (χ1) is 44.0. The van der Waals surface area contributed by atoms with Crippen LogP contribution >= 0.6 is 0 Å². The first-order valence-electron chi connectivity index (χ1n) is 32.2. The molecule has 14 nitrogen and oxygen atoms in total. The summed E-state index contributed by atoms with van der Waals surface area (Å²) in [7, 11) is 0. The van der Waals surface area contributed by atoms with Gasteiger partial charge in [0.05, 0.1) is 50.1 Å². The Labute approximate surface area is 534 Å². The van der Waals surface area contributed by atoms with Gasteiger partial charge < -0.3 is 30.2 Å².